The summed E-state index contributed by atoms with van der Waals surface area (Å²) in [6.07, 6.45) is 1.12. The summed E-state index contributed by atoms with van der Waals surface area (Å²) in [5.41, 5.74) is 2.88. The minimum absolute atomic E-state index is 0.562. The zero-order valence-electron chi connectivity index (χ0n) is 10.5. The summed E-state index contributed by atoms with van der Waals surface area (Å²) in [5.74, 6) is 0.766. The number of aryl methyl sites for hydroxylation is 1. The first-order valence-electron chi connectivity index (χ1n) is 6.18. The lowest BCUT2D eigenvalue weighted by Crippen LogP contribution is -2.48. The molecule has 1 saturated heterocycles. The van der Waals surface area contributed by atoms with Crippen LogP contribution in [0.1, 0.15) is 24.1 Å². The Kier molecular flexibility index (Phi) is 3.62. The number of nitrogens with zero attached hydrogens (tertiary/aromatic N) is 1. The molecule has 1 aliphatic heterocycles. The monoisotopic (exact) mass is 218 g/mol. The standard InChI is InChI=1S/C14H22N2/c1-4-11-5-7-12(8-6-11)14(16(2)3)13-9-15-10-13/h5-8,13-15H,4,9-10H2,1-3H3. The van der Waals surface area contributed by atoms with Gasteiger partial charge < -0.3 is 10.2 Å². The number of benzene rings is 1. The summed E-state index contributed by atoms with van der Waals surface area (Å²) in [6.45, 7) is 4.50. The molecule has 2 rings (SSSR count). The van der Waals surface area contributed by atoms with Gasteiger partial charge in [-0.2, -0.15) is 0 Å². The van der Waals surface area contributed by atoms with Crippen LogP contribution in [0.4, 0.5) is 0 Å². The summed E-state index contributed by atoms with van der Waals surface area (Å²) in [7, 11) is 4.35. The number of rotatable bonds is 4. The Morgan fingerprint density at radius 3 is 2.25 bits per heavy atom. The second kappa shape index (κ2) is 4.98. The van der Waals surface area contributed by atoms with Crippen molar-refractivity contribution >= 4 is 0 Å². The molecule has 0 spiro atoms. The van der Waals surface area contributed by atoms with Crippen LogP contribution >= 0.6 is 0 Å². The highest BCUT2D eigenvalue weighted by atomic mass is 15.1. The van der Waals surface area contributed by atoms with Crippen LogP contribution in [0.25, 0.3) is 0 Å². The predicted molar refractivity (Wildman–Crippen MR) is 68.6 cm³/mol. The molecule has 1 unspecified atom stereocenters. The van der Waals surface area contributed by atoms with Gasteiger partial charge in [-0.25, -0.2) is 0 Å². The summed E-state index contributed by atoms with van der Waals surface area (Å²) >= 11 is 0. The highest BCUT2D eigenvalue weighted by Crippen LogP contribution is 2.29. The molecule has 0 saturated carbocycles. The average Bonchev–Trinajstić information content (AvgIpc) is 2.23. The van der Waals surface area contributed by atoms with Crippen LogP contribution in [-0.4, -0.2) is 32.1 Å². The van der Waals surface area contributed by atoms with Crippen LogP contribution in [0.2, 0.25) is 0 Å². The average molecular weight is 218 g/mol. The van der Waals surface area contributed by atoms with Gasteiger partial charge in [-0.3, -0.25) is 0 Å². The van der Waals surface area contributed by atoms with Crippen LogP contribution in [0.3, 0.4) is 0 Å². The Balaban J connectivity index is 2.17. The fourth-order valence-corrected chi connectivity index (χ4v) is 2.48. The summed E-state index contributed by atoms with van der Waals surface area (Å²) in [4.78, 5) is 2.34. The van der Waals surface area contributed by atoms with E-state index in [9.17, 15) is 0 Å². The van der Waals surface area contributed by atoms with E-state index in [1.54, 1.807) is 0 Å². The first-order valence-corrected chi connectivity index (χ1v) is 6.18. The van der Waals surface area contributed by atoms with E-state index in [1.165, 1.54) is 11.1 Å². The lowest BCUT2D eigenvalue weighted by atomic mass is 9.87. The van der Waals surface area contributed by atoms with Crippen LogP contribution in [0, 0.1) is 5.92 Å². The van der Waals surface area contributed by atoms with E-state index >= 15 is 0 Å². The molecule has 88 valence electrons. The van der Waals surface area contributed by atoms with E-state index < -0.39 is 0 Å². The summed E-state index contributed by atoms with van der Waals surface area (Å²) in [5, 5.41) is 3.36. The van der Waals surface area contributed by atoms with Crippen molar-refractivity contribution in [1.29, 1.82) is 0 Å². The van der Waals surface area contributed by atoms with Crippen molar-refractivity contribution in [2.24, 2.45) is 5.92 Å². The van der Waals surface area contributed by atoms with E-state index in [4.69, 9.17) is 0 Å². The molecule has 1 fully saturated rings. The molecule has 0 bridgehead atoms. The van der Waals surface area contributed by atoms with E-state index in [0.717, 1.165) is 25.4 Å². The molecule has 2 nitrogen and oxygen atoms in total. The van der Waals surface area contributed by atoms with E-state index in [1.807, 2.05) is 0 Å². The third-order valence-electron chi connectivity index (χ3n) is 3.55. The molecule has 1 atom stereocenters. The molecule has 0 aliphatic carbocycles. The van der Waals surface area contributed by atoms with E-state index in [2.05, 4.69) is 55.5 Å². The van der Waals surface area contributed by atoms with Gasteiger partial charge in [0.05, 0.1) is 0 Å². The zero-order chi connectivity index (χ0) is 11.5. The van der Waals surface area contributed by atoms with Gasteiger partial charge in [0.15, 0.2) is 0 Å². The normalized spacial score (nSPS) is 18.5. The SMILES string of the molecule is CCc1ccc(C(C2CNC2)N(C)C)cc1. The fraction of sp³-hybridized carbons (Fsp3) is 0.571. The van der Waals surface area contributed by atoms with Crippen molar-refractivity contribution in [1.82, 2.24) is 10.2 Å². The molecule has 2 heteroatoms. The summed E-state index contributed by atoms with van der Waals surface area (Å²) < 4.78 is 0. The topological polar surface area (TPSA) is 15.3 Å². The lowest BCUT2D eigenvalue weighted by molar-refractivity contribution is 0.161. The highest BCUT2D eigenvalue weighted by molar-refractivity contribution is 5.26. The summed E-state index contributed by atoms with van der Waals surface area (Å²) in [6, 6.07) is 9.67. The lowest BCUT2D eigenvalue weighted by Gasteiger charge is -2.39. The van der Waals surface area contributed by atoms with Gasteiger partial charge in [-0.05, 0) is 31.6 Å². The van der Waals surface area contributed by atoms with Crippen LogP contribution < -0.4 is 5.32 Å². The van der Waals surface area contributed by atoms with Crippen molar-refractivity contribution in [3.63, 3.8) is 0 Å². The molecule has 1 aromatic rings. The maximum Gasteiger partial charge on any atom is 0.0394 e. The van der Waals surface area contributed by atoms with E-state index in [0.29, 0.717) is 6.04 Å². The highest BCUT2D eigenvalue weighted by Gasteiger charge is 2.29. The van der Waals surface area contributed by atoms with E-state index in [-0.39, 0.29) is 0 Å². The Morgan fingerprint density at radius 1 is 1.25 bits per heavy atom. The van der Waals surface area contributed by atoms with Gasteiger partial charge >= 0.3 is 0 Å². The molecule has 1 aliphatic rings. The molecule has 0 amide bonds. The maximum atomic E-state index is 3.36. The second-order valence-corrected chi connectivity index (χ2v) is 4.92. The molecule has 1 aromatic carbocycles. The Morgan fingerprint density at radius 2 is 1.88 bits per heavy atom. The third-order valence-corrected chi connectivity index (χ3v) is 3.55. The van der Waals surface area contributed by atoms with Crippen LogP contribution in [0.5, 0.6) is 0 Å². The second-order valence-electron chi connectivity index (χ2n) is 4.92. The molecule has 1 heterocycles. The molecule has 0 radical (unpaired) electrons. The Bertz CT molecular complexity index is 325. The Labute approximate surface area is 98.7 Å². The smallest absolute Gasteiger partial charge is 0.0394 e. The van der Waals surface area contributed by atoms with Gasteiger partial charge in [-0.15, -0.1) is 0 Å². The van der Waals surface area contributed by atoms with Crippen LogP contribution in [-0.2, 0) is 6.42 Å². The van der Waals surface area contributed by atoms with Gasteiger partial charge in [-0.1, -0.05) is 31.2 Å². The third kappa shape index (κ3) is 2.28. The molecular weight excluding hydrogens is 196 g/mol. The largest absolute Gasteiger partial charge is 0.316 e. The molecule has 16 heavy (non-hydrogen) atoms. The number of hydrogen-bond acceptors (Lipinski definition) is 2. The van der Waals surface area contributed by atoms with Crippen molar-refractivity contribution < 1.29 is 0 Å². The molecule has 1 N–H and O–H groups in total. The first-order chi connectivity index (χ1) is 7.72. The van der Waals surface area contributed by atoms with Gasteiger partial charge in [0.1, 0.15) is 0 Å². The quantitative estimate of drug-likeness (QED) is 0.832. The van der Waals surface area contributed by atoms with Crippen molar-refractivity contribution in [3.05, 3.63) is 35.4 Å². The minimum Gasteiger partial charge on any atom is -0.316 e. The van der Waals surface area contributed by atoms with Crippen molar-refractivity contribution in [2.75, 3.05) is 27.2 Å². The number of nitrogens with one attached hydrogen (secondary N) is 1. The van der Waals surface area contributed by atoms with Gasteiger partial charge in [0.25, 0.3) is 0 Å². The van der Waals surface area contributed by atoms with Crippen LogP contribution in [0.15, 0.2) is 24.3 Å². The van der Waals surface area contributed by atoms with Crippen molar-refractivity contribution in [3.8, 4) is 0 Å². The van der Waals surface area contributed by atoms with Crippen molar-refractivity contribution in [2.45, 2.75) is 19.4 Å². The maximum absolute atomic E-state index is 3.36. The zero-order valence-corrected chi connectivity index (χ0v) is 10.5. The Hall–Kier alpha value is -0.860. The molecule has 0 aromatic heterocycles. The minimum atomic E-state index is 0.562. The first kappa shape index (κ1) is 11.6. The predicted octanol–water partition coefficient (Wildman–Crippen LogP) is 2.07. The van der Waals surface area contributed by atoms with Gasteiger partial charge in [0, 0.05) is 25.0 Å². The van der Waals surface area contributed by atoms with Gasteiger partial charge in [0.2, 0.25) is 0 Å². The molecular formula is C14H22N2. The fourth-order valence-electron chi connectivity index (χ4n) is 2.48. The number of hydrogen-bond donors (Lipinski definition) is 1.